The van der Waals surface area contributed by atoms with E-state index in [0.29, 0.717) is 0 Å². The lowest BCUT2D eigenvalue weighted by Crippen LogP contribution is -2.12. The van der Waals surface area contributed by atoms with Gasteiger partial charge in [-0.2, -0.15) is 0 Å². The molecular weight excluding hydrogens is 176 g/mol. The Kier molecular flexibility index (Phi) is 3.47. The molecule has 3 nitrogen and oxygen atoms in total. The zero-order valence-corrected chi connectivity index (χ0v) is 9.28. The van der Waals surface area contributed by atoms with Crippen molar-refractivity contribution >= 4 is 5.82 Å². The second-order valence-corrected chi connectivity index (χ2v) is 3.66. The number of nitrogens with zero attached hydrogens (tertiary/aromatic N) is 2. The lowest BCUT2D eigenvalue weighted by molar-refractivity contribution is 0.172. The van der Waals surface area contributed by atoms with Gasteiger partial charge in [-0.25, -0.2) is 4.98 Å². The Morgan fingerprint density at radius 2 is 2.07 bits per heavy atom. The van der Waals surface area contributed by atoms with Crippen LogP contribution in [-0.4, -0.2) is 24.2 Å². The first-order valence-corrected chi connectivity index (χ1v) is 4.89. The highest BCUT2D eigenvalue weighted by Crippen LogP contribution is 2.21. The molecule has 0 aromatic carbocycles. The number of hydrogen-bond donors (Lipinski definition) is 1. The Morgan fingerprint density at radius 3 is 2.50 bits per heavy atom. The highest BCUT2D eigenvalue weighted by molar-refractivity contribution is 5.40. The van der Waals surface area contributed by atoms with E-state index >= 15 is 0 Å². The van der Waals surface area contributed by atoms with Gasteiger partial charge in [-0.1, -0.05) is 13.0 Å². The van der Waals surface area contributed by atoms with Crippen LogP contribution >= 0.6 is 0 Å². The Balaban J connectivity index is 3.01. The summed E-state index contributed by atoms with van der Waals surface area (Å²) >= 11 is 0. The normalized spacial score (nSPS) is 12.6. The van der Waals surface area contributed by atoms with Crippen LogP contribution in [0.15, 0.2) is 12.1 Å². The van der Waals surface area contributed by atoms with Gasteiger partial charge in [0.15, 0.2) is 0 Å². The number of hydrogen-bond acceptors (Lipinski definition) is 3. The first kappa shape index (κ1) is 11.0. The van der Waals surface area contributed by atoms with Crippen molar-refractivity contribution in [2.45, 2.75) is 26.4 Å². The Bertz CT molecular complexity index is 310. The number of anilines is 1. The second-order valence-electron chi connectivity index (χ2n) is 3.66. The summed E-state index contributed by atoms with van der Waals surface area (Å²) in [5.41, 5.74) is 1.84. The standard InChI is InChI=1S/C11H18N2O/c1-5-10(14)9-6-7-11(13(3)4)12-8(9)2/h6-7,10,14H,5H2,1-4H3/t10-/m0/s1. The van der Waals surface area contributed by atoms with Gasteiger partial charge in [0, 0.05) is 25.4 Å². The SMILES string of the molecule is CC[C@H](O)c1ccc(N(C)C)nc1C. The molecule has 14 heavy (non-hydrogen) atoms. The largest absolute Gasteiger partial charge is 0.388 e. The molecule has 1 aromatic rings. The van der Waals surface area contributed by atoms with E-state index in [1.807, 2.05) is 45.0 Å². The number of aliphatic hydroxyl groups is 1. The molecular formula is C11H18N2O. The van der Waals surface area contributed by atoms with Gasteiger partial charge in [-0.15, -0.1) is 0 Å². The molecule has 1 aromatic heterocycles. The number of aliphatic hydroxyl groups excluding tert-OH is 1. The highest BCUT2D eigenvalue weighted by Gasteiger charge is 2.09. The molecule has 0 fully saturated rings. The zero-order chi connectivity index (χ0) is 10.7. The molecule has 78 valence electrons. The van der Waals surface area contributed by atoms with E-state index in [1.165, 1.54) is 0 Å². The fourth-order valence-electron chi connectivity index (χ4n) is 1.38. The van der Waals surface area contributed by atoms with Crippen LogP contribution < -0.4 is 4.90 Å². The average Bonchev–Trinajstić information content (AvgIpc) is 2.16. The van der Waals surface area contributed by atoms with Crippen LogP contribution in [-0.2, 0) is 0 Å². The van der Waals surface area contributed by atoms with Crippen LogP contribution in [0.5, 0.6) is 0 Å². The smallest absolute Gasteiger partial charge is 0.128 e. The van der Waals surface area contributed by atoms with Crippen LogP contribution in [0.1, 0.15) is 30.7 Å². The summed E-state index contributed by atoms with van der Waals surface area (Å²) in [4.78, 5) is 6.36. The van der Waals surface area contributed by atoms with Crippen molar-refractivity contribution in [3.63, 3.8) is 0 Å². The monoisotopic (exact) mass is 194 g/mol. The average molecular weight is 194 g/mol. The van der Waals surface area contributed by atoms with Gasteiger partial charge in [0.25, 0.3) is 0 Å². The number of aromatic nitrogens is 1. The molecule has 3 heteroatoms. The topological polar surface area (TPSA) is 36.4 Å². The molecule has 0 aliphatic rings. The lowest BCUT2D eigenvalue weighted by Gasteiger charge is -2.15. The molecule has 1 rings (SSSR count). The molecule has 0 aliphatic heterocycles. The zero-order valence-electron chi connectivity index (χ0n) is 9.28. The van der Waals surface area contributed by atoms with Gasteiger partial charge in [-0.3, -0.25) is 0 Å². The maximum atomic E-state index is 9.69. The van der Waals surface area contributed by atoms with Crippen molar-refractivity contribution in [2.24, 2.45) is 0 Å². The summed E-state index contributed by atoms with van der Waals surface area (Å²) in [7, 11) is 3.91. The van der Waals surface area contributed by atoms with Gasteiger partial charge < -0.3 is 10.0 Å². The first-order valence-electron chi connectivity index (χ1n) is 4.89. The maximum Gasteiger partial charge on any atom is 0.128 e. The molecule has 0 amide bonds. The van der Waals surface area contributed by atoms with Crippen molar-refractivity contribution in [1.29, 1.82) is 0 Å². The second kappa shape index (κ2) is 4.42. The Morgan fingerprint density at radius 1 is 1.43 bits per heavy atom. The van der Waals surface area contributed by atoms with E-state index in [4.69, 9.17) is 0 Å². The van der Waals surface area contributed by atoms with Crippen LogP contribution in [0.3, 0.4) is 0 Å². The van der Waals surface area contributed by atoms with E-state index in [-0.39, 0.29) is 0 Å². The highest BCUT2D eigenvalue weighted by atomic mass is 16.3. The Hall–Kier alpha value is -1.09. The Labute approximate surface area is 85.4 Å². The molecule has 0 aliphatic carbocycles. The van der Waals surface area contributed by atoms with Crippen LogP contribution in [0.25, 0.3) is 0 Å². The molecule has 0 radical (unpaired) electrons. The van der Waals surface area contributed by atoms with E-state index in [2.05, 4.69) is 4.98 Å². The van der Waals surface area contributed by atoms with E-state index < -0.39 is 6.10 Å². The van der Waals surface area contributed by atoms with Crippen LogP contribution in [0, 0.1) is 6.92 Å². The third kappa shape index (κ3) is 2.23. The minimum atomic E-state index is -0.390. The lowest BCUT2D eigenvalue weighted by atomic mass is 10.1. The molecule has 0 bridgehead atoms. The van der Waals surface area contributed by atoms with Gasteiger partial charge in [0.1, 0.15) is 5.82 Å². The number of aryl methyl sites for hydroxylation is 1. The third-order valence-corrected chi connectivity index (χ3v) is 2.32. The van der Waals surface area contributed by atoms with Crippen molar-refractivity contribution < 1.29 is 5.11 Å². The van der Waals surface area contributed by atoms with Gasteiger partial charge in [0.2, 0.25) is 0 Å². The predicted octanol–water partition coefficient (Wildman–Crippen LogP) is 1.90. The van der Waals surface area contributed by atoms with Crippen molar-refractivity contribution in [3.05, 3.63) is 23.4 Å². The fourth-order valence-corrected chi connectivity index (χ4v) is 1.38. The summed E-state index contributed by atoms with van der Waals surface area (Å²) in [6, 6.07) is 3.88. The fraction of sp³-hybridized carbons (Fsp3) is 0.545. The van der Waals surface area contributed by atoms with Crippen LogP contribution in [0.4, 0.5) is 5.82 Å². The van der Waals surface area contributed by atoms with Crippen molar-refractivity contribution in [2.75, 3.05) is 19.0 Å². The minimum Gasteiger partial charge on any atom is -0.388 e. The molecule has 0 saturated heterocycles. The van der Waals surface area contributed by atoms with E-state index in [0.717, 1.165) is 23.5 Å². The van der Waals surface area contributed by atoms with E-state index in [1.54, 1.807) is 0 Å². The summed E-state index contributed by atoms with van der Waals surface area (Å²) < 4.78 is 0. The summed E-state index contributed by atoms with van der Waals surface area (Å²) in [6.45, 7) is 3.89. The minimum absolute atomic E-state index is 0.390. The summed E-state index contributed by atoms with van der Waals surface area (Å²) in [5.74, 6) is 0.926. The molecule has 1 heterocycles. The van der Waals surface area contributed by atoms with Gasteiger partial charge in [0.05, 0.1) is 6.10 Å². The molecule has 0 unspecified atom stereocenters. The van der Waals surface area contributed by atoms with Gasteiger partial charge in [-0.05, 0) is 19.4 Å². The molecule has 1 N–H and O–H groups in total. The molecule has 1 atom stereocenters. The van der Waals surface area contributed by atoms with Crippen LogP contribution in [0.2, 0.25) is 0 Å². The van der Waals surface area contributed by atoms with Gasteiger partial charge >= 0.3 is 0 Å². The number of rotatable bonds is 3. The molecule has 0 spiro atoms. The third-order valence-electron chi connectivity index (χ3n) is 2.32. The summed E-state index contributed by atoms with van der Waals surface area (Å²) in [5, 5.41) is 9.69. The quantitative estimate of drug-likeness (QED) is 0.798. The van der Waals surface area contributed by atoms with Crippen molar-refractivity contribution in [1.82, 2.24) is 4.98 Å². The predicted molar refractivity (Wildman–Crippen MR) is 58.6 cm³/mol. The van der Waals surface area contributed by atoms with Crippen molar-refractivity contribution in [3.8, 4) is 0 Å². The summed E-state index contributed by atoms with van der Waals surface area (Å²) in [6.07, 6.45) is 0.336. The number of pyridine rings is 1. The van der Waals surface area contributed by atoms with E-state index in [9.17, 15) is 5.11 Å². The first-order chi connectivity index (χ1) is 6.56. The molecule has 0 saturated carbocycles. The maximum absolute atomic E-state index is 9.69.